The number of aromatic nitrogens is 2. The lowest BCUT2D eigenvalue weighted by Crippen LogP contribution is -2.47. The smallest absolute Gasteiger partial charge is 0.314 e. The van der Waals surface area contributed by atoms with E-state index >= 15 is 0 Å². The first-order valence-electron chi connectivity index (χ1n) is 6.01. The Labute approximate surface area is 101 Å². The van der Waals surface area contributed by atoms with E-state index in [4.69, 9.17) is 5.73 Å². The lowest BCUT2D eigenvalue weighted by atomic mass is 10.1. The Balaban J connectivity index is 1.63. The summed E-state index contributed by atoms with van der Waals surface area (Å²) in [5, 5.41) is 7.62. The van der Waals surface area contributed by atoms with Crippen LogP contribution in [-0.4, -0.2) is 46.4 Å². The van der Waals surface area contributed by atoms with Crippen LogP contribution in [0.25, 0.3) is 0 Å². The molecule has 6 heteroatoms. The summed E-state index contributed by atoms with van der Waals surface area (Å²) in [7, 11) is 0. The van der Waals surface area contributed by atoms with Crippen LogP contribution in [0.1, 0.15) is 12.8 Å². The summed E-state index contributed by atoms with van der Waals surface area (Å²) >= 11 is 0. The molecular formula is C11H19N5O. The van der Waals surface area contributed by atoms with E-state index in [1.807, 2.05) is 16.9 Å². The number of nitrogens with two attached hydrogens (primary N) is 1. The summed E-state index contributed by atoms with van der Waals surface area (Å²) < 4.78 is 1.91. The van der Waals surface area contributed by atoms with Crippen molar-refractivity contribution in [1.29, 1.82) is 0 Å². The largest absolute Gasteiger partial charge is 0.351 e. The second-order valence-corrected chi connectivity index (χ2v) is 4.32. The van der Waals surface area contributed by atoms with Gasteiger partial charge in [-0.15, -0.1) is 0 Å². The maximum absolute atomic E-state index is 10.9. The quantitative estimate of drug-likeness (QED) is 0.775. The van der Waals surface area contributed by atoms with Crippen molar-refractivity contribution in [2.24, 2.45) is 5.73 Å². The lowest BCUT2D eigenvalue weighted by molar-refractivity contribution is 0.185. The minimum absolute atomic E-state index is 0.306. The molecule has 6 nitrogen and oxygen atoms in total. The first kappa shape index (κ1) is 11.9. The summed E-state index contributed by atoms with van der Waals surface area (Å²) in [5.41, 5.74) is 5.23. The number of rotatable bonds is 4. The Kier molecular flexibility index (Phi) is 3.98. The second kappa shape index (κ2) is 5.67. The van der Waals surface area contributed by atoms with E-state index in [1.54, 1.807) is 11.1 Å². The molecule has 3 N–H and O–H groups in total. The van der Waals surface area contributed by atoms with Crippen molar-refractivity contribution in [3.63, 3.8) is 0 Å². The van der Waals surface area contributed by atoms with Crippen LogP contribution in [0.2, 0.25) is 0 Å². The van der Waals surface area contributed by atoms with Gasteiger partial charge in [-0.1, -0.05) is 0 Å². The van der Waals surface area contributed by atoms with E-state index in [0.717, 1.165) is 39.0 Å². The molecule has 0 radical (unpaired) electrons. The first-order valence-corrected chi connectivity index (χ1v) is 6.01. The van der Waals surface area contributed by atoms with Crippen LogP contribution in [0, 0.1) is 0 Å². The molecule has 0 saturated carbocycles. The van der Waals surface area contributed by atoms with Crippen LogP contribution in [0.5, 0.6) is 0 Å². The summed E-state index contributed by atoms with van der Waals surface area (Å²) in [6, 6.07) is 2.10. The van der Waals surface area contributed by atoms with Crippen molar-refractivity contribution < 1.29 is 4.79 Å². The van der Waals surface area contributed by atoms with E-state index in [9.17, 15) is 4.79 Å². The molecule has 0 bridgehead atoms. The molecule has 2 heterocycles. The average molecular weight is 237 g/mol. The third-order valence-electron chi connectivity index (χ3n) is 3.14. The third-order valence-corrected chi connectivity index (χ3v) is 3.14. The van der Waals surface area contributed by atoms with Gasteiger partial charge in [-0.2, -0.15) is 5.10 Å². The Bertz CT molecular complexity index is 343. The van der Waals surface area contributed by atoms with Crippen LogP contribution in [0.4, 0.5) is 4.79 Å². The average Bonchev–Trinajstić information content (AvgIpc) is 2.83. The fraction of sp³-hybridized carbons (Fsp3) is 0.636. The minimum atomic E-state index is -0.306. The van der Waals surface area contributed by atoms with Crippen LogP contribution in [-0.2, 0) is 6.54 Å². The van der Waals surface area contributed by atoms with Gasteiger partial charge in [0.15, 0.2) is 0 Å². The van der Waals surface area contributed by atoms with Crippen LogP contribution < -0.4 is 11.1 Å². The minimum Gasteiger partial charge on any atom is -0.351 e. The van der Waals surface area contributed by atoms with Gasteiger partial charge >= 0.3 is 6.03 Å². The van der Waals surface area contributed by atoms with Crippen molar-refractivity contribution in [1.82, 2.24) is 20.0 Å². The zero-order valence-electron chi connectivity index (χ0n) is 9.88. The SMILES string of the molecule is NC(=O)N1CCC(NCCn2cccn2)CC1. The normalized spacial score (nSPS) is 17.3. The maximum Gasteiger partial charge on any atom is 0.314 e. The Morgan fingerprint density at radius 1 is 1.47 bits per heavy atom. The van der Waals surface area contributed by atoms with Crippen molar-refractivity contribution in [3.8, 4) is 0 Å². The van der Waals surface area contributed by atoms with Gasteiger partial charge in [-0.3, -0.25) is 4.68 Å². The van der Waals surface area contributed by atoms with Gasteiger partial charge in [0.05, 0.1) is 6.54 Å². The van der Waals surface area contributed by atoms with Gasteiger partial charge in [0, 0.05) is 38.1 Å². The molecule has 94 valence electrons. The molecule has 1 saturated heterocycles. The van der Waals surface area contributed by atoms with E-state index in [1.165, 1.54) is 0 Å². The van der Waals surface area contributed by atoms with Crippen molar-refractivity contribution in [2.75, 3.05) is 19.6 Å². The molecule has 1 aliphatic rings. The number of piperidine rings is 1. The summed E-state index contributed by atoms with van der Waals surface area (Å²) in [6.07, 6.45) is 5.69. The molecule has 1 fully saturated rings. The zero-order chi connectivity index (χ0) is 12.1. The Morgan fingerprint density at radius 3 is 2.82 bits per heavy atom. The number of urea groups is 1. The monoisotopic (exact) mass is 237 g/mol. The predicted octanol–water partition coefficient (Wildman–Crippen LogP) is 0.0158. The van der Waals surface area contributed by atoms with Gasteiger partial charge in [-0.05, 0) is 18.9 Å². The standard InChI is InChI=1S/C11H19N5O/c12-11(17)15-7-2-10(3-8-15)13-5-9-16-6-1-4-14-16/h1,4,6,10,13H,2-3,5,7-9H2,(H2,12,17). The third kappa shape index (κ3) is 3.45. The van der Waals surface area contributed by atoms with Crippen LogP contribution in [0.3, 0.4) is 0 Å². The van der Waals surface area contributed by atoms with Crippen LogP contribution in [0.15, 0.2) is 18.5 Å². The van der Waals surface area contributed by atoms with E-state index in [2.05, 4.69) is 10.4 Å². The topological polar surface area (TPSA) is 76.2 Å². The molecule has 1 aromatic rings. The summed E-state index contributed by atoms with van der Waals surface area (Å²) in [4.78, 5) is 12.6. The molecule has 2 amide bonds. The molecule has 17 heavy (non-hydrogen) atoms. The summed E-state index contributed by atoms with van der Waals surface area (Å²) in [5.74, 6) is 0. The molecule has 0 atom stereocenters. The number of primary amides is 1. The van der Waals surface area contributed by atoms with Gasteiger partial charge in [-0.25, -0.2) is 4.79 Å². The van der Waals surface area contributed by atoms with Gasteiger partial charge in [0.2, 0.25) is 0 Å². The fourth-order valence-corrected chi connectivity index (χ4v) is 2.12. The number of carbonyl (C=O) groups excluding carboxylic acids is 1. The first-order chi connectivity index (χ1) is 8.25. The number of carbonyl (C=O) groups is 1. The maximum atomic E-state index is 10.9. The highest BCUT2D eigenvalue weighted by atomic mass is 16.2. The molecule has 1 aliphatic heterocycles. The van der Waals surface area contributed by atoms with E-state index in [0.29, 0.717) is 6.04 Å². The molecule has 0 spiro atoms. The fourth-order valence-electron chi connectivity index (χ4n) is 2.12. The Morgan fingerprint density at radius 2 is 2.24 bits per heavy atom. The van der Waals surface area contributed by atoms with E-state index < -0.39 is 0 Å². The highest BCUT2D eigenvalue weighted by Crippen LogP contribution is 2.09. The van der Waals surface area contributed by atoms with Gasteiger partial charge in [0.25, 0.3) is 0 Å². The molecule has 1 aromatic heterocycles. The molecule has 0 unspecified atom stereocenters. The lowest BCUT2D eigenvalue weighted by Gasteiger charge is -2.31. The number of amides is 2. The molecule has 2 rings (SSSR count). The predicted molar refractivity (Wildman–Crippen MR) is 64.4 cm³/mol. The van der Waals surface area contributed by atoms with Crippen molar-refractivity contribution >= 4 is 6.03 Å². The summed E-state index contributed by atoms with van der Waals surface area (Å²) in [6.45, 7) is 3.30. The number of likely N-dealkylation sites (tertiary alicyclic amines) is 1. The van der Waals surface area contributed by atoms with Gasteiger partial charge < -0.3 is 16.0 Å². The van der Waals surface area contributed by atoms with Crippen molar-refractivity contribution in [2.45, 2.75) is 25.4 Å². The number of hydrogen-bond acceptors (Lipinski definition) is 3. The van der Waals surface area contributed by atoms with Crippen molar-refractivity contribution in [3.05, 3.63) is 18.5 Å². The Hall–Kier alpha value is -1.56. The molecule has 0 aliphatic carbocycles. The highest BCUT2D eigenvalue weighted by molar-refractivity contribution is 5.72. The highest BCUT2D eigenvalue weighted by Gasteiger charge is 2.20. The number of hydrogen-bond donors (Lipinski definition) is 2. The molecule has 0 aromatic carbocycles. The number of nitrogens with zero attached hydrogens (tertiary/aromatic N) is 3. The van der Waals surface area contributed by atoms with Crippen LogP contribution >= 0.6 is 0 Å². The molecular weight excluding hydrogens is 218 g/mol. The number of nitrogens with one attached hydrogen (secondary N) is 1. The van der Waals surface area contributed by atoms with Gasteiger partial charge in [0.1, 0.15) is 0 Å². The van der Waals surface area contributed by atoms with E-state index in [-0.39, 0.29) is 6.03 Å². The second-order valence-electron chi connectivity index (χ2n) is 4.32. The zero-order valence-corrected chi connectivity index (χ0v) is 9.88.